The van der Waals surface area contributed by atoms with E-state index in [1.807, 2.05) is 22.8 Å². The largest absolute Gasteiger partial charge is 0.325 e. The number of rotatable bonds is 4. The van der Waals surface area contributed by atoms with E-state index in [2.05, 4.69) is 52.9 Å². The van der Waals surface area contributed by atoms with Gasteiger partial charge in [0.25, 0.3) is 0 Å². The normalized spacial score (nSPS) is 12.2. The maximum Gasteiger partial charge on any atom is 0.244 e. The predicted molar refractivity (Wildman–Crippen MR) is 153 cm³/mol. The molecule has 1 aromatic heterocycles. The van der Waals surface area contributed by atoms with Gasteiger partial charge in [0.2, 0.25) is 5.91 Å². The maximum absolute atomic E-state index is 13.4. The molecule has 4 rings (SSSR count). The molecular weight excluding hydrogens is 513 g/mol. The van der Waals surface area contributed by atoms with Gasteiger partial charge in [-0.1, -0.05) is 82.4 Å². The van der Waals surface area contributed by atoms with E-state index in [1.54, 1.807) is 30.3 Å². The molecule has 188 valence electrons. The molecule has 0 aliphatic heterocycles. The van der Waals surface area contributed by atoms with Gasteiger partial charge in [0.15, 0.2) is 0 Å². The number of halogens is 3. The molecule has 4 aromatic rings. The second kappa shape index (κ2) is 9.74. The molecule has 0 unspecified atom stereocenters. The third-order valence-corrected chi connectivity index (χ3v) is 6.93. The zero-order valence-corrected chi connectivity index (χ0v) is 23.6. The lowest BCUT2D eigenvalue weighted by Crippen LogP contribution is -2.21. The van der Waals surface area contributed by atoms with Crippen molar-refractivity contribution in [2.75, 3.05) is 5.32 Å². The number of benzene rings is 3. The number of fused-ring (bicyclic) bond motifs is 1. The zero-order chi connectivity index (χ0) is 26.4. The molecule has 0 radical (unpaired) electrons. The van der Waals surface area contributed by atoms with Crippen LogP contribution in [0.5, 0.6) is 0 Å². The van der Waals surface area contributed by atoms with Gasteiger partial charge < -0.3 is 9.88 Å². The minimum atomic E-state index is -0.172. The summed E-state index contributed by atoms with van der Waals surface area (Å²) in [5.74, 6) is 0.378. The first kappa shape index (κ1) is 26.5. The van der Waals surface area contributed by atoms with E-state index >= 15 is 0 Å². The first-order valence-electron chi connectivity index (χ1n) is 11.8. The van der Waals surface area contributed by atoms with Crippen LogP contribution in [0.15, 0.2) is 54.6 Å². The Hall–Kier alpha value is -2.53. The molecule has 36 heavy (non-hydrogen) atoms. The van der Waals surface area contributed by atoms with E-state index in [1.165, 1.54) is 11.1 Å². The number of carbonyl (C=O) groups excluding carboxylic acids is 1. The van der Waals surface area contributed by atoms with Crippen LogP contribution in [0.3, 0.4) is 0 Å². The second-order valence-electron chi connectivity index (χ2n) is 11.1. The fourth-order valence-corrected chi connectivity index (χ4v) is 4.59. The van der Waals surface area contributed by atoms with Gasteiger partial charge in [-0.05, 0) is 70.5 Å². The van der Waals surface area contributed by atoms with Gasteiger partial charge in [0.1, 0.15) is 12.4 Å². The van der Waals surface area contributed by atoms with E-state index < -0.39 is 0 Å². The molecule has 0 aliphatic carbocycles. The van der Waals surface area contributed by atoms with Crippen LogP contribution >= 0.6 is 34.8 Å². The Kier molecular flexibility index (Phi) is 7.18. The van der Waals surface area contributed by atoms with E-state index in [-0.39, 0.29) is 23.3 Å². The number of carbonyl (C=O) groups is 1. The van der Waals surface area contributed by atoms with Gasteiger partial charge >= 0.3 is 0 Å². The highest BCUT2D eigenvalue weighted by molar-refractivity contribution is 6.35. The average Bonchev–Trinajstić information content (AvgIpc) is 3.10. The monoisotopic (exact) mass is 541 g/mol. The third-order valence-electron chi connectivity index (χ3n) is 6.13. The van der Waals surface area contributed by atoms with Gasteiger partial charge in [0.05, 0.1) is 16.1 Å². The summed E-state index contributed by atoms with van der Waals surface area (Å²) in [6.07, 6.45) is 0. The molecule has 0 bridgehead atoms. The van der Waals surface area contributed by atoms with Crippen LogP contribution in [0.4, 0.5) is 5.69 Å². The van der Waals surface area contributed by atoms with Crippen LogP contribution in [-0.4, -0.2) is 15.5 Å². The van der Waals surface area contributed by atoms with Crippen LogP contribution in [0.2, 0.25) is 15.1 Å². The number of amides is 1. The number of anilines is 1. The predicted octanol–water partition coefficient (Wildman–Crippen LogP) is 8.90. The molecule has 0 atom stereocenters. The number of hydrogen-bond acceptors (Lipinski definition) is 2. The second-order valence-corrected chi connectivity index (χ2v) is 12.4. The summed E-state index contributed by atoms with van der Waals surface area (Å²) < 4.78 is 1.84. The number of imidazole rings is 1. The Labute approximate surface area is 227 Å². The van der Waals surface area contributed by atoms with Crippen molar-refractivity contribution in [1.82, 2.24) is 9.55 Å². The number of nitrogens with one attached hydrogen (secondary N) is 1. The molecule has 4 nitrogen and oxygen atoms in total. The van der Waals surface area contributed by atoms with Crippen LogP contribution in [-0.2, 0) is 22.2 Å². The molecule has 1 N–H and O–H groups in total. The maximum atomic E-state index is 13.4. The van der Waals surface area contributed by atoms with E-state index in [4.69, 9.17) is 39.8 Å². The Morgan fingerprint density at radius 2 is 1.42 bits per heavy atom. The lowest BCUT2D eigenvalue weighted by molar-refractivity contribution is -0.116. The van der Waals surface area contributed by atoms with Crippen molar-refractivity contribution in [1.29, 1.82) is 0 Å². The molecule has 3 aromatic carbocycles. The van der Waals surface area contributed by atoms with Crippen molar-refractivity contribution >= 4 is 57.4 Å². The van der Waals surface area contributed by atoms with Gasteiger partial charge in [-0.25, -0.2) is 4.98 Å². The highest BCUT2D eigenvalue weighted by Gasteiger charge is 2.22. The fraction of sp³-hybridized carbons (Fsp3) is 0.310. The molecule has 1 amide bonds. The fourth-order valence-electron chi connectivity index (χ4n) is 4.05. The number of aromatic nitrogens is 2. The Bertz CT molecular complexity index is 1430. The summed E-state index contributed by atoms with van der Waals surface area (Å²) >= 11 is 19.0. The summed E-state index contributed by atoms with van der Waals surface area (Å²) in [6, 6.07) is 16.9. The van der Waals surface area contributed by atoms with E-state index in [9.17, 15) is 4.79 Å². The van der Waals surface area contributed by atoms with Crippen molar-refractivity contribution in [3.8, 4) is 11.4 Å². The molecule has 0 spiro atoms. The minimum Gasteiger partial charge on any atom is -0.325 e. The molecule has 7 heteroatoms. The van der Waals surface area contributed by atoms with Gasteiger partial charge in [-0.3, -0.25) is 4.79 Å². The summed E-state index contributed by atoms with van der Waals surface area (Å²) in [5, 5.41) is 4.70. The molecular formula is C29H30Cl3N3O. The van der Waals surface area contributed by atoms with Crippen molar-refractivity contribution in [3.63, 3.8) is 0 Å². The minimum absolute atomic E-state index is 0.0426. The summed E-state index contributed by atoms with van der Waals surface area (Å²) in [7, 11) is 0. The third kappa shape index (κ3) is 5.72. The average molecular weight is 543 g/mol. The summed E-state index contributed by atoms with van der Waals surface area (Å²) in [6.45, 7) is 13.1. The van der Waals surface area contributed by atoms with E-state index in [0.717, 1.165) is 11.2 Å². The van der Waals surface area contributed by atoms with Crippen molar-refractivity contribution in [3.05, 3.63) is 80.8 Å². The molecule has 0 aliphatic rings. The summed E-state index contributed by atoms with van der Waals surface area (Å²) in [4.78, 5) is 18.2. The van der Waals surface area contributed by atoms with Gasteiger partial charge in [-0.2, -0.15) is 0 Å². The zero-order valence-electron chi connectivity index (χ0n) is 21.3. The molecule has 0 saturated heterocycles. The molecule has 1 heterocycles. The first-order valence-corrected chi connectivity index (χ1v) is 12.9. The molecule has 0 fully saturated rings. The lowest BCUT2D eigenvalue weighted by Gasteiger charge is -2.26. The Morgan fingerprint density at radius 1 is 0.833 bits per heavy atom. The smallest absolute Gasteiger partial charge is 0.244 e. The quantitative estimate of drug-likeness (QED) is 0.280. The van der Waals surface area contributed by atoms with Crippen molar-refractivity contribution < 1.29 is 4.79 Å². The lowest BCUT2D eigenvalue weighted by atomic mass is 9.80. The molecule has 0 saturated carbocycles. The van der Waals surface area contributed by atoms with Gasteiger partial charge in [-0.15, -0.1) is 0 Å². The van der Waals surface area contributed by atoms with Crippen LogP contribution < -0.4 is 5.32 Å². The van der Waals surface area contributed by atoms with Gasteiger partial charge in [0, 0.05) is 21.3 Å². The number of nitrogens with zero attached hydrogens (tertiary/aromatic N) is 2. The Morgan fingerprint density at radius 3 is 2.03 bits per heavy atom. The van der Waals surface area contributed by atoms with Crippen molar-refractivity contribution in [2.45, 2.75) is 58.9 Å². The number of hydrogen-bond donors (Lipinski definition) is 1. The highest BCUT2D eigenvalue weighted by Crippen LogP contribution is 2.34. The SMILES string of the molecule is CC(C)(C)c1cc(NC(=O)Cn2c(-c3cc(Cl)ccc3Cl)nc3cc(Cl)ccc32)cc(C(C)(C)C)c1. The van der Waals surface area contributed by atoms with Crippen LogP contribution in [0.1, 0.15) is 52.7 Å². The van der Waals surface area contributed by atoms with Crippen molar-refractivity contribution in [2.24, 2.45) is 0 Å². The van der Waals surface area contributed by atoms with Crippen LogP contribution in [0, 0.1) is 0 Å². The topological polar surface area (TPSA) is 46.9 Å². The first-order chi connectivity index (χ1) is 16.7. The highest BCUT2D eigenvalue weighted by atomic mass is 35.5. The Balaban J connectivity index is 1.75. The van der Waals surface area contributed by atoms with E-state index in [0.29, 0.717) is 32.0 Å². The standard InChI is InChI=1S/C29H30Cl3N3O/c1-28(2,3)17-11-18(29(4,5)6)13-21(12-17)33-26(36)16-35-25-10-8-20(31)15-24(25)34-27(35)22-14-19(30)7-9-23(22)32/h7-15H,16H2,1-6H3,(H,33,36). The van der Waals surface area contributed by atoms with Crippen LogP contribution in [0.25, 0.3) is 22.4 Å². The summed E-state index contributed by atoms with van der Waals surface area (Å²) in [5.41, 5.74) is 5.08.